The maximum Gasteiger partial charge on any atom is 0.247 e. The van der Waals surface area contributed by atoms with Gasteiger partial charge >= 0.3 is 0 Å². The van der Waals surface area contributed by atoms with Crippen LogP contribution in [0, 0.1) is 0 Å². The van der Waals surface area contributed by atoms with Gasteiger partial charge in [0.2, 0.25) is 11.8 Å². The predicted molar refractivity (Wildman–Crippen MR) is 182 cm³/mol. The van der Waals surface area contributed by atoms with E-state index in [-0.39, 0.29) is 18.4 Å². The molecule has 1 aliphatic heterocycles. The van der Waals surface area contributed by atoms with E-state index in [2.05, 4.69) is 29.2 Å². The average molecular weight is 618 g/mol. The molecule has 5 rings (SSSR count). The second kappa shape index (κ2) is 16.4. The van der Waals surface area contributed by atoms with Crippen LogP contribution in [-0.4, -0.2) is 72.5 Å². The van der Waals surface area contributed by atoms with Crippen LogP contribution in [0.4, 0.5) is 0 Å². The summed E-state index contributed by atoms with van der Waals surface area (Å²) >= 11 is 0. The predicted octanol–water partition coefficient (Wildman–Crippen LogP) is 6.09. The highest BCUT2D eigenvalue weighted by molar-refractivity contribution is 5.95. The molecule has 0 aliphatic carbocycles. The first-order valence-electron chi connectivity index (χ1n) is 16.0. The Morgan fingerprint density at radius 2 is 1.37 bits per heavy atom. The van der Waals surface area contributed by atoms with Crippen LogP contribution in [0.5, 0.6) is 11.5 Å². The third-order valence-corrected chi connectivity index (χ3v) is 8.27. The molecule has 1 saturated heterocycles. The molecule has 46 heavy (non-hydrogen) atoms. The maximum atomic E-state index is 14.4. The highest BCUT2D eigenvalue weighted by Crippen LogP contribution is 2.21. The van der Waals surface area contributed by atoms with Crippen molar-refractivity contribution >= 4 is 17.9 Å². The minimum absolute atomic E-state index is 0.0275. The van der Waals surface area contributed by atoms with E-state index < -0.39 is 6.04 Å². The molecule has 7 nitrogen and oxygen atoms in total. The van der Waals surface area contributed by atoms with E-state index in [0.29, 0.717) is 26.1 Å². The van der Waals surface area contributed by atoms with Crippen LogP contribution < -0.4 is 9.47 Å². The molecular weight excluding hydrogens is 574 g/mol. The minimum atomic E-state index is -0.678. The summed E-state index contributed by atoms with van der Waals surface area (Å²) in [6.45, 7) is 6.46. The number of rotatable bonds is 13. The molecule has 1 heterocycles. The molecule has 2 amide bonds. The van der Waals surface area contributed by atoms with E-state index in [0.717, 1.165) is 47.8 Å². The molecule has 0 spiro atoms. The lowest BCUT2D eigenvalue weighted by Gasteiger charge is -2.39. The summed E-state index contributed by atoms with van der Waals surface area (Å²) < 4.78 is 10.9. The number of hydrogen-bond acceptors (Lipinski definition) is 5. The molecular formula is C39H43N3O4. The number of methoxy groups -OCH3 is 1. The fraction of sp³-hybridized carbons (Fsp3) is 0.282. The quantitative estimate of drug-likeness (QED) is 0.170. The molecule has 7 heteroatoms. The van der Waals surface area contributed by atoms with Crippen molar-refractivity contribution in [1.29, 1.82) is 0 Å². The molecule has 4 aromatic rings. The number of benzene rings is 4. The van der Waals surface area contributed by atoms with Gasteiger partial charge in [0.1, 0.15) is 17.5 Å². The van der Waals surface area contributed by atoms with Gasteiger partial charge in [-0.25, -0.2) is 0 Å². The fourth-order valence-electron chi connectivity index (χ4n) is 5.72. The number of hydrogen-bond donors (Lipinski definition) is 0. The third-order valence-electron chi connectivity index (χ3n) is 8.27. The van der Waals surface area contributed by atoms with Crippen molar-refractivity contribution in [2.24, 2.45) is 0 Å². The number of amides is 2. The van der Waals surface area contributed by atoms with Crippen LogP contribution in [0.1, 0.15) is 29.2 Å². The summed E-state index contributed by atoms with van der Waals surface area (Å²) in [4.78, 5) is 34.6. The Hall–Kier alpha value is -4.88. The highest BCUT2D eigenvalue weighted by Gasteiger charge is 2.34. The van der Waals surface area contributed by atoms with Gasteiger partial charge in [-0.1, -0.05) is 84.9 Å². The van der Waals surface area contributed by atoms with Crippen LogP contribution in [-0.2, 0) is 29.1 Å². The second-order valence-electron chi connectivity index (χ2n) is 11.4. The summed E-state index contributed by atoms with van der Waals surface area (Å²) in [6.07, 6.45) is 3.78. The molecule has 0 radical (unpaired) electrons. The fourth-order valence-corrected chi connectivity index (χ4v) is 5.72. The highest BCUT2D eigenvalue weighted by atomic mass is 16.5. The maximum absolute atomic E-state index is 14.4. The van der Waals surface area contributed by atoms with E-state index in [1.807, 2.05) is 96.8 Å². The zero-order valence-corrected chi connectivity index (χ0v) is 26.8. The first-order valence-corrected chi connectivity index (χ1v) is 16.0. The van der Waals surface area contributed by atoms with Crippen molar-refractivity contribution in [1.82, 2.24) is 14.7 Å². The van der Waals surface area contributed by atoms with Gasteiger partial charge in [-0.15, -0.1) is 0 Å². The number of piperazine rings is 1. The normalized spacial score (nSPS) is 14.2. The van der Waals surface area contributed by atoms with Gasteiger partial charge in [0.05, 0.1) is 13.7 Å². The zero-order chi connectivity index (χ0) is 32.1. The van der Waals surface area contributed by atoms with Crippen LogP contribution >= 0.6 is 0 Å². The van der Waals surface area contributed by atoms with Crippen LogP contribution in [0.2, 0.25) is 0 Å². The molecule has 0 N–H and O–H groups in total. The molecule has 1 aliphatic rings. The van der Waals surface area contributed by atoms with Gasteiger partial charge in [0.15, 0.2) is 0 Å². The Morgan fingerprint density at radius 3 is 1.98 bits per heavy atom. The van der Waals surface area contributed by atoms with Crippen LogP contribution in [0.3, 0.4) is 0 Å². The van der Waals surface area contributed by atoms with Gasteiger partial charge in [-0.3, -0.25) is 14.5 Å². The Labute approximate surface area is 272 Å². The summed E-state index contributed by atoms with van der Waals surface area (Å²) in [6, 6.07) is 35.0. The van der Waals surface area contributed by atoms with Crippen molar-refractivity contribution in [2.45, 2.75) is 32.5 Å². The summed E-state index contributed by atoms with van der Waals surface area (Å²) in [5.41, 5.74) is 4.07. The van der Waals surface area contributed by atoms with Gasteiger partial charge in [-0.2, -0.15) is 0 Å². The minimum Gasteiger partial charge on any atom is -0.497 e. The van der Waals surface area contributed by atoms with Crippen molar-refractivity contribution in [3.63, 3.8) is 0 Å². The Balaban J connectivity index is 1.40. The summed E-state index contributed by atoms with van der Waals surface area (Å²) in [5.74, 6) is 1.27. The first-order chi connectivity index (χ1) is 22.5. The van der Waals surface area contributed by atoms with Crippen LogP contribution in [0.15, 0.2) is 115 Å². The standard InChI is InChI=1S/C39H43N3O4/c1-3-46-36-21-16-34(17-22-36)30-42(38(43)23-18-31-14-19-35(45-2)20-15-31)37(28-32-10-6-4-7-11-32)39(44)41-26-24-40(25-27-41)29-33-12-8-5-9-13-33/h4-23,37H,3,24-30H2,1-2H3/b23-18+/t37-/m0/s1. The number of ether oxygens (including phenoxy) is 2. The molecule has 1 atom stereocenters. The lowest BCUT2D eigenvalue weighted by molar-refractivity contribution is -0.145. The topological polar surface area (TPSA) is 62.3 Å². The second-order valence-corrected chi connectivity index (χ2v) is 11.4. The summed E-state index contributed by atoms with van der Waals surface area (Å²) in [7, 11) is 1.63. The Kier molecular flexibility index (Phi) is 11.6. The molecule has 1 fully saturated rings. The van der Waals surface area contributed by atoms with E-state index >= 15 is 0 Å². The van der Waals surface area contributed by atoms with Gasteiger partial charge in [0, 0.05) is 51.8 Å². The Morgan fingerprint density at radius 1 is 0.761 bits per heavy atom. The molecule has 0 bridgehead atoms. The van der Waals surface area contributed by atoms with E-state index in [4.69, 9.17) is 9.47 Å². The third kappa shape index (κ3) is 9.08. The van der Waals surface area contributed by atoms with Crippen molar-refractivity contribution < 1.29 is 19.1 Å². The molecule has 0 unspecified atom stereocenters. The Bertz CT molecular complexity index is 1550. The number of carbonyl (C=O) groups excluding carboxylic acids is 2. The summed E-state index contributed by atoms with van der Waals surface area (Å²) in [5, 5.41) is 0. The van der Waals surface area contributed by atoms with Gasteiger partial charge < -0.3 is 19.3 Å². The van der Waals surface area contributed by atoms with E-state index in [9.17, 15) is 9.59 Å². The van der Waals surface area contributed by atoms with Crippen LogP contribution in [0.25, 0.3) is 6.08 Å². The lowest BCUT2D eigenvalue weighted by atomic mass is 10.0. The number of carbonyl (C=O) groups is 2. The zero-order valence-electron chi connectivity index (χ0n) is 26.8. The molecule has 0 aromatic heterocycles. The first kappa shape index (κ1) is 32.5. The van der Waals surface area contributed by atoms with Gasteiger partial charge in [-0.05, 0) is 59.5 Å². The molecule has 0 saturated carbocycles. The largest absolute Gasteiger partial charge is 0.497 e. The van der Waals surface area contributed by atoms with E-state index in [1.165, 1.54) is 5.56 Å². The SMILES string of the molecule is CCOc1ccc(CN(C(=O)/C=C/c2ccc(OC)cc2)[C@@H](Cc2ccccc2)C(=O)N2CCN(Cc3ccccc3)CC2)cc1. The van der Waals surface area contributed by atoms with Crippen molar-refractivity contribution in [3.8, 4) is 11.5 Å². The average Bonchev–Trinajstić information content (AvgIpc) is 3.11. The molecule has 4 aromatic carbocycles. The monoisotopic (exact) mass is 617 g/mol. The van der Waals surface area contributed by atoms with Crippen molar-refractivity contribution in [3.05, 3.63) is 138 Å². The smallest absolute Gasteiger partial charge is 0.247 e. The lowest BCUT2D eigenvalue weighted by Crippen LogP contribution is -2.56. The molecule has 238 valence electrons. The number of nitrogens with zero attached hydrogens (tertiary/aromatic N) is 3. The van der Waals surface area contributed by atoms with Gasteiger partial charge in [0.25, 0.3) is 0 Å². The van der Waals surface area contributed by atoms with Crippen molar-refractivity contribution in [2.75, 3.05) is 39.9 Å². The van der Waals surface area contributed by atoms with E-state index in [1.54, 1.807) is 24.2 Å².